The summed E-state index contributed by atoms with van der Waals surface area (Å²) in [6, 6.07) is 0. The van der Waals surface area contributed by atoms with Crippen LogP contribution >= 0.6 is 11.6 Å². The van der Waals surface area contributed by atoms with Crippen molar-refractivity contribution in [1.29, 1.82) is 0 Å². The van der Waals surface area contributed by atoms with Gasteiger partial charge in [-0.1, -0.05) is 34.9 Å². The van der Waals surface area contributed by atoms with E-state index in [2.05, 4.69) is 22.6 Å². The highest BCUT2D eigenvalue weighted by Gasteiger charge is 2.23. The van der Waals surface area contributed by atoms with Crippen LogP contribution in [0.25, 0.3) is 0 Å². The lowest BCUT2D eigenvalue weighted by Crippen LogP contribution is -2.04. The Morgan fingerprint density at radius 3 is 2.91 bits per heavy atom. The highest BCUT2D eigenvalue weighted by atomic mass is 35.5. The molecule has 0 amide bonds. The lowest BCUT2D eigenvalue weighted by atomic mass is 9.90. The fraction of sp³-hybridized carbons (Fsp3) is 0.389. The third-order valence-electron chi connectivity index (χ3n) is 4.47. The number of aromatic nitrogens is 2. The normalized spacial score (nSPS) is 21.8. The first-order chi connectivity index (χ1) is 10.5. The van der Waals surface area contributed by atoms with Crippen molar-refractivity contribution in [1.82, 2.24) is 9.55 Å². The molecule has 1 heterocycles. The van der Waals surface area contributed by atoms with Crippen molar-refractivity contribution in [2.24, 2.45) is 13.0 Å². The Balaban J connectivity index is 1.66. The molecule has 4 heteroatoms. The average Bonchev–Trinajstić information content (AvgIpc) is 3.06. The number of allylic oxidation sites excluding steroid dienone is 8. The van der Waals surface area contributed by atoms with E-state index in [1.165, 1.54) is 22.8 Å². The molecule has 3 rings (SSSR count). The Labute approximate surface area is 135 Å². The zero-order valence-electron chi connectivity index (χ0n) is 12.9. The van der Waals surface area contributed by atoms with Gasteiger partial charge in [0, 0.05) is 31.8 Å². The Morgan fingerprint density at radius 2 is 2.23 bits per heavy atom. The molecule has 1 unspecified atom stereocenters. The minimum atomic E-state index is -0.298. The van der Waals surface area contributed by atoms with Crippen molar-refractivity contribution >= 4 is 11.6 Å². The molecule has 0 radical (unpaired) electrons. The Morgan fingerprint density at radius 1 is 1.41 bits per heavy atom. The van der Waals surface area contributed by atoms with Gasteiger partial charge in [0.25, 0.3) is 0 Å². The van der Waals surface area contributed by atoms with Crippen LogP contribution in [-0.4, -0.2) is 9.55 Å². The molecule has 0 bridgehead atoms. The van der Waals surface area contributed by atoms with E-state index in [0.29, 0.717) is 11.5 Å². The SMILES string of the molecule is CC1=C(C2C=CC(F)=C(Cl)C2)C=C(CCc2nccn2C)C1. The molecule has 1 aromatic heterocycles. The number of halogens is 2. The number of hydrogen-bond acceptors (Lipinski definition) is 1. The van der Waals surface area contributed by atoms with E-state index in [0.717, 1.165) is 25.1 Å². The largest absolute Gasteiger partial charge is 0.338 e. The van der Waals surface area contributed by atoms with E-state index < -0.39 is 0 Å². The maximum absolute atomic E-state index is 13.3. The van der Waals surface area contributed by atoms with Crippen LogP contribution in [0.5, 0.6) is 0 Å². The topological polar surface area (TPSA) is 17.8 Å². The molecule has 0 N–H and O–H groups in total. The van der Waals surface area contributed by atoms with Gasteiger partial charge in [-0.2, -0.15) is 0 Å². The molecule has 0 saturated heterocycles. The molecule has 0 aromatic carbocycles. The van der Waals surface area contributed by atoms with Crippen LogP contribution in [0, 0.1) is 5.92 Å². The second-order valence-corrected chi connectivity index (χ2v) is 6.55. The van der Waals surface area contributed by atoms with Gasteiger partial charge in [0.2, 0.25) is 0 Å². The van der Waals surface area contributed by atoms with E-state index in [4.69, 9.17) is 11.6 Å². The molecule has 2 nitrogen and oxygen atoms in total. The first kappa shape index (κ1) is 15.3. The van der Waals surface area contributed by atoms with Gasteiger partial charge in [-0.25, -0.2) is 9.37 Å². The molecule has 1 aromatic rings. The minimum Gasteiger partial charge on any atom is -0.338 e. The average molecular weight is 319 g/mol. The maximum Gasteiger partial charge on any atom is 0.137 e. The third kappa shape index (κ3) is 3.09. The van der Waals surface area contributed by atoms with Crippen molar-refractivity contribution in [3.63, 3.8) is 0 Å². The molecule has 2 aliphatic carbocycles. The maximum atomic E-state index is 13.3. The summed E-state index contributed by atoms with van der Waals surface area (Å²) in [4.78, 5) is 4.37. The molecule has 0 spiro atoms. The number of rotatable bonds is 4. The van der Waals surface area contributed by atoms with Crippen LogP contribution < -0.4 is 0 Å². The van der Waals surface area contributed by atoms with Crippen LogP contribution in [0.15, 0.2) is 58.2 Å². The molecule has 0 fully saturated rings. The van der Waals surface area contributed by atoms with E-state index in [9.17, 15) is 4.39 Å². The summed E-state index contributed by atoms with van der Waals surface area (Å²) in [5.41, 5.74) is 4.10. The summed E-state index contributed by atoms with van der Waals surface area (Å²) in [7, 11) is 2.02. The molecule has 0 saturated carbocycles. The van der Waals surface area contributed by atoms with Gasteiger partial charge in [-0.05, 0) is 37.8 Å². The van der Waals surface area contributed by atoms with E-state index in [1.807, 2.05) is 25.5 Å². The first-order valence-corrected chi connectivity index (χ1v) is 8.00. The summed E-state index contributed by atoms with van der Waals surface area (Å²) in [5.74, 6) is 1.02. The summed E-state index contributed by atoms with van der Waals surface area (Å²) in [6.45, 7) is 2.16. The zero-order valence-corrected chi connectivity index (χ0v) is 13.7. The summed E-state index contributed by atoms with van der Waals surface area (Å²) < 4.78 is 15.4. The highest BCUT2D eigenvalue weighted by molar-refractivity contribution is 6.30. The number of imidazole rings is 1. The standard InChI is InChI=1S/C18H20ClFN2/c1-12-9-13(3-6-18-21-7-8-22(18)2)10-15(12)14-4-5-17(20)16(19)11-14/h4-5,7-8,10,14H,3,6,9,11H2,1-2H3. The second kappa shape index (κ2) is 6.25. The summed E-state index contributed by atoms with van der Waals surface area (Å²) >= 11 is 5.97. The van der Waals surface area contributed by atoms with Gasteiger partial charge in [0.05, 0.1) is 5.03 Å². The lowest BCUT2D eigenvalue weighted by Gasteiger charge is -2.17. The Bertz CT molecular complexity index is 706. The van der Waals surface area contributed by atoms with Crippen molar-refractivity contribution in [2.45, 2.75) is 32.6 Å². The highest BCUT2D eigenvalue weighted by Crippen LogP contribution is 2.38. The van der Waals surface area contributed by atoms with Gasteiger partial charge in [-0.15, -0.1) is 0 Å². The summed E-state index contributed by atoms with van der Waals surface area (Å²) in [5, 5.41) is 0.336. The molecule has 1 atom stereocenters. The van der Waals surface area contributed by atoms with Crippen LogP contribution in [0.3, 0.4) is 0 Å². The van der Waals surface area contributed by atoms with Gasteiger partial charge >= 0.3 is 0 Å². The lowest BCUT2D eigenvalue weighted by molar-refractivity contribution is 0.627. The predicted molar refractivity (Wildman–Crippen MR) is 88.2 cm³/mol. The molecular weight excluding hydrogens is 299 g/mol. The van der Waals surface area contributed by atoms with Gasteiger partial charge in [-0.3, -0.25) is 0 Å². The summed E-state index contributed by atoms with van der Waals surface area (Å²) in [6.07, 6.45) is 13.1. The monoisotopic (exact) mass is 318 g/mol. The van der Waals surface area contributed by atoms with E-state index >= 15 is 0 Å². The van der Waals surface area contributed by atoms with Crippen molar-refractivity contribution in [3.05, 3.63) is 64.0 Å². The quantitative estimate of drug-likeness (QED) is 0.764. The van der Waals surface area contributed by atoms with Crippen molar-refractivity contribution in [3.8, 4) is 0 Å². The Hall–Kier alpha value is -1.61. The Kier molecular flexibility index (Phi) is 4.34. The van der Waals surface area contributed by atoms with Gasteiger partial charge < -0.3 is 4.57 Å². The van der Waals surface area contributed by atoms with Crippen LogP contribution in [0.1, 0.15) is 32.0 Å². The molecule has 2 aliphatic rings. The van der Waals surface area contributed by atoms with E-state index in [1.54, 1.807) is 0 Å². The number of aryl methyl sites for hydroxylation is 2. The first-order valence-electron chi connectivity index (χ1n) is 7.62. The minimum absolute atomic E-state index is 0.206. The predicted octanol–water partition coefficient (Wildman–Crippen LogP) is 5.00. The van der Waals surface area contributed by atoms with Crippen LogP contribution in [0.4, 0.5) is 4.39 Å². The fourth-order valence-corrected chi connectivity index (χ4v) is 3.42. The molecule has 0 aliphatic heterocycles. The third-order valence-corrected chi connectivity index (χ3v) is 4.80. The van der Waals surface area contributed by atoms with E-state index in [-0.39, 0.29) is 11.7 Å². The smallest absolute Gasteiger partial charge is 0.137 e. The second-order valence-electron chi connectivity index (χ2n) is 6.09. The molecular formula is C18H20ClFN2. The molecule has 22 heavy (non-hydrogen) atoms. The zero-order chi connectivity index (χ0) is 15.7. The number of hydrogen-bond donors (Lipinski definition) is 0. The molecule has 116 valence electrons. The van der Waals surface area contributed by atoms with Crippen molar-refractivity contribution in [2.75, 3.05) is 0 Å². The van der Waals surface area contributed by atoms with Crippen molar-refractivity contribution < 1.29 is 4.39 Å². The van der Waals surface area contributed by atoms with Crippen LogP contribution in [0.2, 0.25) is 0 Å². The van der Waals surface area contributed by atoms with Gasteiger partial charge in [0.15, 0.2) is 0 Å². The fourth-order valence-electron chi connectivity index (χ4n) is 3.19. The number of nitrogens with zero attached hydrogens (tertiary/aromatic N) is 2. The van der Waals surface area contributed by atoms with Gasteiger partial charge in [0.1, 0.15) is 11.7 Å². The van der Waals surface area contributed by atoms with Crippen LogP contribution in [-0.2, 0) is 13.5 Å².